The van der Waals surface area contributed by atoms with Crippen LogP contribution in [0.2, 0.25) is 5.02 Å². The van der Waals surface area contributed by atoms with Crippen molar-refractivity contribution in [2.24, 2.45) is 0 Å². The van der Waals surface area contributed by atoms with Crippen molar-refractivity contribution >= 4 is 28.9 Å². The van der Waals surface area contributed by atoms with Gasteiger partial charge in [-0.2, -0.15) is 0 Å². The number of halogens is 1. The van der Waals surface area contributed by atoms with Gasteiger partial charge in [0.05, 0.1) is 15.6 Å². The van der Waals surface area contributed by atoms with E-state index in [9.17, 15) is 14.9 Å². The van der Waals surface area contributed by atoms with E-state index < -0.39 is 16.9 Å². The Morgan fingerprint density at radius 1 is 1.24 bits per heavy atom. The molecule has 1 N–H and O–H groups in total. The molecule has 2 rings (SSSR count). The number of carbonyl (C=O) groups excluding carboxylic acids is 1. The van der Waals surface area contributed by atoms with Gasteiger partial charge in [-0.05, 0) is 49.6 Å². The number of nitrogens with zero attached hydrogens (tertiary/aromatic N) is 1. The summed E-state index contributed by atoms with van der Waals surface area (Å²) in [5.41, 5.74) is 2.23. The number of carbonyl (C=O) groups is 1. The van der Waals surface area contributed by atoms with E-state index in [4.69, 9.17) is 16.3 Å². The number of anilines is 1. The van der Waals surface area contributed by atoms with Crippen LogP contribution in [0.4, 0.5) is 11.4 Å². The van der Waals surface area contributed by atoms with Gasteiger partial charge in [0.1, 0.15) is 5.75 Å². The lowest BCUT2D eigenvalue weighted by Crippen LogP contribution is -2.32. The Hall–Kier alpha value is -2.60. The number of rotatable bonds is 6. The van der Waals surface area contributed by atoms with Gasteiger partial charge in [-0.3, -0.25) is 14.9 Å². The number of nitro groups is 1. The minimum atomic E-state index is -0.738. The Balaban J connectivity index is 2.16. The third-order valence-electron chi connectivity index (χ3n) is 3.84. The molecular formula is C18H19ClN2O4. The van der Waals surface area contributed by atoms with Gasteiger partial charge >= 0.3 is 0 Å². The van der Waals surface area contributed by atoms with Crippen molar-refractivity contribution in [2.45, 2.75) is 33.3 Å². The molecule has 7 heteroatoms. The molecule has 0 spiro atoms. The summed E-state index contributed by atoms with van der Waals surface area (Å²) >= 11 is 6.01. The zero-order valence-corrected chi connectivity index (χ0v) is 15.0. The van der Waals surface area contributed by atoms with Crippen molar-refractivity contribution in [3.05, 3.63) is 62.7 Å². The quantitative estimate of drug-likeness (QED) is 0.598. The predicted octanol–water partition coefficient (Wildman–Crippen LogP) is 4.66. The number of amides is 1. The second-order valence-electron chi connectivity index (χ2n) is 5.67. The minimum Gasteiger partial charge on any atom is -0.481 e. The van der Waals surface area contributed by atoms with Crippen molar-refractivity contribution < 1.29 is 14.5 Å². The summed E-state index contributed by atoms with van der Waals surface area (Å²) in [4.78, 5) is 22.8. The van der Waals surface area contributed by atoms with Crippen LogP contribution in [0.25, 0.3) is 0 Å². The Morgan fingerprint density at radius 2 is 1.96 bits per heavy atom. The molecule has 6 nitrogen and oxygen atoms in total. The van der Waals surface area contributed by atoms with E-state index in [1.165, 1.54) is 18.2 Å². The summed E-state index contributed by atoms with van der Waals surface area (Å²) in [5.74, 6) is 0.179. The van der Waals surface area contributed by atoms with Gasteiger partial charge in [0.25, 0.3) is 11.6 Å². The lowest BCUT2D eigenvalue weighted by molar-refractivity contribution is -0.384. The molecule has 25 heavy (non-hydrogen) atoms. The van der Waals surface area contributed by atoms with Gasteiger partial charge in [0.15, 0.2) is 6.10 Å². The van der Waals surface area contributed by atoms with E-state index in [0.29, 0.717) is 12.2 Å². The van der Waals surface area contributed by atoms with Gasteiger partial charge in [0, 0.05) is 12.1 Å². The molecule has 0 unspecified atom stereocenters. The number of hydrogen-bond donors (Lipinski definition) is 1. The SMILES string of the molecule is CC[C@@H](Oc1ccc(C)c(C)c1)C(=O)Nc1cc([N+](=O)[O-])ccc1Cl. The molecule has 1 atom stereocenters. The molecule has 0 radical (unpaired) electrons. The van der Waals surface area contributed by atoms with Gasteiger partial charge in [-0.15, -0.1) is 0 Å². The van der Waals surface area contributed by atoms with Crippen LogP contribution in [0.3, 0.4) is 0 Å². The zero-order valence-electron chi connectivity index (χ0n) is 14.2. The maximum atomic E-state index is 12.5. The van der Waals surface area contributed by atoms with Crippen LogP contribution >= 0.6 is 11.6 Å². The molecule has 132 valence electrons. The molecule has 1 amide bonds. The van der Waals surface area contributed by atoms with Crippen LogP contribution in [0, 0.1) is 24.0 Å². The third-order valence-corrected chi connectivity index (χ3v) is 4.17. The Bertz CT molecular complexity index is 808. The van der Waals surface area contributed by atoms with Crippen molar-refractivity contribution in [2.75, 3.05) is 5.32 Å². The fraction of sp³-hybridized carbons (Fsp3) is 0.278. The smallest absolute Gasteiger partial charge is 0.271 e. The molecule has 0 aliphatic rings. The Labute approximate surface area is 150 Å². The van der Waals surface area contributed by atoms with E-state index >= 15 is 0 Å². The highest BCUT2D eigenvalue weighted by molar-refractivity contribution is 6.33. The molecule has 0 saturated heterocycles. The monoisotopic (exact) mass is 362 g/mol. The van der Waals surface area contributed by atoms with E-state index in [2.05, 4.69) is 5.32 Å². The lowest BCUT2D eigenvalue weighted by Gasteiger charge is -2.18. The molecule has 2 aromatic carbocycles. The van der Waals surface area contributed by atoms with Crippen molar-refractivity contribution in [3.8, 4) is 5.75 Å². The number of aryl methyl sites for hydroxylation is 2. The Morgan fingerprint density at radius 3 is 2.56 bits per heavy atom. The first-order valence-corrected chi connectivity index (χ1v) is 8.18. The van der Waals surface area contributed by atoms with Crippen LogP contribution < -0.4 is 10.1 Å². The summed E-state index contributed by atoms with van der Waals surface area (Å²) in [6.45, 7) is 5.78. The summed E-state index contributed by atoms with van der Waals surface area (Å²) in [7, 11) is 0. The number of non-ortho nitro benzene ring substituents is 1. The van der Waals surface area contributed by atoms with E-state index in [0.717, 1.165) is 11.1 Å². The number of ether oxygens (including phenoxy) is 1. The molecule has 0 aliphatic carbocycles. The number of hydrogen-bond acceptors (Lipinski definition) is 4. The van der Waals surface area contributed by atoms with Crippen LogP contribution in [0.5, 0.6) is 5.75 Å². The third kappa shape index (κ3) is 4.70. The van der Waals surface area contributed by atoms with Gasteiger partial charge < -0.3 is 10.1 Å². The lowest BCUT2D eigenvalue weighted by atomic mass is 10.1. The average Bonchev–Trinajstić information content (AvgIpc) is 2.57. The highest BCUT2D eigenvalue weighted by Gasteiger charge is 2.21. The topological polar surface area (TPSA) is 81.5 Å². The second kappa shape index (κ2) is 7.98. The molecule has 0 heterocycles. The molecule has 0 fully saturated rings. The summed E-state index contributed by atoms with van der Waals surface area (Å²) in [5, 5.41) is 13.7. The zero-order chi connectivity index (χ0) is 18.6. The fourth-order valence-corrected chi connectivity index (χ4v) is 2.37. The van der Waals surface area contributed by atoms with Crippen LogP contribution in [0.1, 0.15) is 24.5 Å². The van der Waals surface area contributed by atoms with Crippen LogP contribution in [-0.2, 0) is 4.79 Å². The molecular weight excluding hydrogens is 344 g/mol. The number of nitrogens with one attached hydrogen (secondary N) is 1. The van der Waals surface area contributed by atoms with Gasteiger partial charge in [0.2, 0.25) is 0 Å². The van der Waals surface area contributed by atoms with Crippen LogP contribution in [0.15, 0.2) is 36.4 Å². The second-order valence-corrected chi connectivity index (χ2v) is 6.08. The van der Waals surface area contributed by atoms with Crippen molar-refractivity contribution in [3.63, 3.8) is 0 Å². The molecule has 0 bridgehead atoms. The molecule has 0 aliphatic heterocycles. The van der Waals surface area contributed by atoms with Crippen molar-refractivity contribution in [1.82, 2.24) is 0 Å². The van der Waals surface area contributed by atoms with Gasteiger partial charge in [-0.1, -0.05) is 24.6 Å². The molecule has 2 aromatic rings. The van der Waals surface area contributed by atoms with E-state index in [-0.39, 0.29) is 16.4 Å². The first kappa shape index (κ1) is 18.7. The largest absolute Gasteiger partial charge is 0.481 e. The average molecular weight is 363 g/mol. The fourth-order valence-electron chi connectivity index (χ4n) is 2.21. The summed E-state index contributed by atoms with van der Waals surface area (Å²) in [6, 6.07) is 9.47. The highest BCUT2D eigenvalue weighted by Crippen LogP contribution is 2.27. The van der Waals surface area contributed by atoms with E-state index in [1.54, 1.807) is 6.07 Å². The molecule has 0 aromatic heterocycles. The highest BCUT2D eigenvalue weighted by atomic mass is 35.5. The van der Waals surface area contributed by atoms with Crippen molar-refractivity contribution in [1.29, 1.82) is 0 Å². The number of benzene rings is 2. The first-order chi connectivity index (χ1) is 11.8. The minimum absolute atomic E-state index is 0.150. The molecule has 0 saturated carbocycles. The van der Waals surface area contributed by atoms with E-state index in [1.807, 2.05) is 32.9 Å². The number of nitro benzene ring substituents is 1. The van der Waals surface area contributed by atoms with Gasteiger partial charge in [-0.25, -0.2) is 0 Å². The summed E-state index contributed by atoms with van der Waals surface area (Å²) in [6.07, 6.45) is -0.303. The van der Waals surface area contributed by atoms with Crippen LogP contribution in [-0.4, -0.2) is 16.9 Å². The predicted molar refractivity (Wildman–Crippen MR) is 97.4 cm³/mol. The maximum Gasteiger partial charge on any atom is 0.271 e. The maximum absolute atomic E-state index is 12.5. The first-order valence-electron chi connectivity index (χ1n) is 7.80. The summed E-state index contributed by atoms with van der Waals surface area (Å²) < 4.78 is 5.76. The Kier molecular flexibility index (Phi) is 5.98. The normalized spacial score (nSPS) is 11.7. The standard InChI is InChI=1S/C18H19ClN2O4/c1-4-17(25-14-7-5-11(2)12(3)9-14)18(22)20-16-10-13(21(23)24)6-8-15(16)19/h5-10,17H,4H2,1-3H3,(H,20,22)/t17-/m1/s1.